The fourth-order valence-corrected chi connectivity index (χ4v) is 7.83. The molecule has 0 saturated carbocycles. The fourth-order valence-electron chi connectivity index (χ4n) is 5.18. The lowest BCUT2D eigenvalue weighted by Gasteiger charge is -2.28. The van der Waals surface area contributed by atoms with Gasteiger partial charge in [0.1, 0.15) is 0 Å². The van der Waals surface area contributed by atoms with Gasteiger partial charge >= 0.3 is 0 Å². The van der Waals surface area contributed by atoms with E-state index in [1.54, 1.807) is 0 Å². The Morgan fingerprint density at radius 3 is 1.52 bits per heavy atom. The van der Waals surface area contributed by atoms with Crippen molar-refractivity contribution < 1.29 is 0 Å². The molecule has 0 spiro atoms. The van der Waals surface area contributed by atoms with Gasteiger partial charge in [0.05, 0.1) is 0 Å². The van der Waals surface area contributed by atoms with E-state index in [2.05, 4.69) is 85.8 Å². The van der Waals surface area contributed by atoms with E-state index in [1.165, 1.54) is 68.9 Å². The average Bonchev–Trinajstić information content (AvgIpc) is 2.82. The fraction of sp³-hybridized carbons (Fsp3) is 0.103. The van der Waals surface area contributed by atoms with Gasteiger partial charge in [0, 0.05) is 19.6 Å². The quantitative estimate of drug-likeness (QED) is 0.236. The van der Waals surface area contributed by atoms with E-state index in [0.717, 1.165) is 12.8 Å². The summed E-state index contributed by atoms with van der Waals surface area (Å²) in [6, 6.07) is 29.3. The Balaban J connectivity index is 1.39. The number of hydrogen-bond donors (Lipinski definition) is 0. The largest absolute Gasteiger partial charge is 0.0885 e. The molecule has 0 aliphatic carbocycles. The van der Waals surface area contributed by atoms with Crippen LogP contribution in [0.4, 0.5) is 0 Å². The SMILES string of the molecule is Cc1c2c(cc3c1Sc1c(ccc4ccccc14)C3)Cc1ccc3ccccc3c1S2. The molecule has 0 radical (unpaired) electrons. The zero-order chi connectivity index (χ0) is 20.5. The summed E-state index contributed by atoms with van der Waals surface area (Å²) < 4.78 is 0. The Morgan fingerprint density at radius 1 is 0.516 bits per heavy atom. The van der Waals surface area contributed by atoms with Gasteiger partial charge in [-0.3, -0.25) is 0 Å². The third kappa shape index (κ3) is 2.65. The first-order valence-electron chi connectivity index (χ1n) is 10.8. The Morgan fingerprint density at radius 2 is 1.00 bits per heavy atom. The lowest BCUT2D eigenvalue weighted by Crippen LogP contribution is -2.08. The molecule has 0 unspecified atom stereocenters. The number of hydrogen-bond acceptors (Lipinski definition) is 2. The van der Waals surface area contributed by atoms with Crippen molar-refractivity contribution in [1.29, 1.82) is 0 Å². The van der Waals surface area contributed by atoms with Gasteiger partial charge in [-0.1, -0.05) is 102 Å². The molecule has 0 fully saturated rings. The molecule has 2 heteroatoms. The zero-order valence-electron chi connectivity index (χ0n) is 17.2. The minimum atomic E-state index is 1.03. The van der Waals surface area contributed by atoms with E-state index in [4.69, 9.17) is 0 Å². The van der Waals surface area contributed by atoms with Gasteiger partial charge in [-0.05, 0) is 69.1 Å². The van der Waals surface area contributed by atoms with Gasteiger partial charge in [-0.15, -0.1) is 0 Å². The highest BCUT2D eigenvalue weighted by Gasteiger charge is 2.27. The molecule has 7 rings (SSSR count). The number of fused-ring (bicyclic) bond motifs is 8. The smallest absolute Gasteiger partial charge is 0.0236 e. The standard InChI is InChI=1S/C29H20S2/c1-17-26-22(14-20-12-10-18-6-2-4-8-24(18)28(20)30-26)16-23-15-21-13-11-19-7-3-5-9-25(19)29(21)31-27(17)23/h2-13,16H,14-15H2,1H3. The van der Waals surface area contributed by atoms with Crippen molar-refractivity contribution in [3.8, 4) is 0 Å². The second kappa shape index (κ2) is 6.66. The maximum atomic E-state index is 2.49. The normalized spacial score (nSPS) is 14.1. The molecule has 2 aliphatic rings. The van der Waals surface area contributed by atoms with Crippen LogP contribution in [0.2, 0.25) is 0 Å². The van der Waals surface area contributed by atoms with Crippen molar-refractivity contribution in [3.05, 3.63) is 107 Å². The third-order valence-electron chi connectivity index (χ3n) is 6.71. The summed E-state index contributed by atoms with van der Waals surface area (Å²) in [5.41, 5.74) is 7.37. The molecule has 0 nitrogen and oxygen atoms in total. The first-order chi connectivity index (χ1) is 15.3. The predicted octanol–water partition coefficient (Wildman–Crippen LogP) is 8.41. The van der Waals surface area contributed by atoms with Crippen LogP contribution in [-0.2, 0) is 12.8 Å². The molecular formula is C29H20S2. The van der Waals surface area contributed by atoms with Crippen LogP contribution in [0, 0.1) is 6.92 Å². The van der Waals surface area contributed by atoms with Crippen LogP contribution >= 0.6 is 23.5 Å². The summed E-state index contributed by atoms with van der Waals surface area (Å²) in [4.78, 5) is 5.83. The van der Waals surface area contributed by atoms with Gasteiger partial charge < -0.3 is 0 Å². The molecule has 2 aliphatic heterocycles. The number of rotatable bonds is 0. The van der Waals surface area contributed by atoms with Gasteiger partial charge in [0.25, 0.3) is 0 Å². The molecule has 0 amide bonds. The Bertz CT molecular complexity index is 1430. The predicted molar refractivity (Wildman–Crippen MR) is 133 cm³/mol. The average molecular weight is 433 g/mol. The van der Waals surface area contributed by atoms with Gasteiger partial charge in [0.2, 0.25) is 0 Å². The van der Waals surface area contributed by atoms with Crippen molar-refractivity contribution >= 4 is 45.1 Å². The molecule has 148 valence electrons. The molecule has 0 atom stereocenters. The molecule has 2 heterocycles. The maximum Gasteiger partial charge on any atom is 0.0236 e. The lowest BCUT2D eigenvalue weighted by atomic mass is 9.94. The summed E-state index contributed by atoms with van der Waals surface area (Å²) in [6.07, 6.45) is 2.07. The van der Waals surface area contributed by atoms with E-state index in [1.807, 2.05) is 23.5 Å². The monoisotopic (exact) mass is 432 g/mol. The van der Waals surface area contributed by atoms with Crippen LogP contribution in [0.25, 0.3) is 21.5 Å². The van der Waals surface area contributed by atoms with E-state index < -0.39 is 0 Å². The van der Waals surface area contributed by atoms with Crippen molar-refractivity contribution in [2.45, 2.75) is 39.3 Å². The second-order valence-corrected chi connectivity index (χ2v) is 10.6. The summed E-state index contributed by atoms with van der Waals surface area (Å²) in [7, 11) is 0. The maximum absolute atomic E-state index is 2.49. The Labute approximate surface area is 190 Å². The summed E-state index contributed by atoms with van der Waals surface area (Å²) >= 11 is 3.97. The molecule has 5 aromatic rings. The highest BCUT2D eigenvalue weighted by Crippen LogP contribution is 2.51. The Hall–Kier alpha value is -2.68. The second-order valence-electron chi connectivity index (χ2n) is 8.59. The molecule has 31 heavy (non-hydrogen) atoms. The minimum absolute atomic E-state index is 1.03. The van der Waals surface area contributed by atoms with Crippen LogP contribution in [0.5, 0.6) is 0 Å². The first-order valence-corrected chi connectivity index (χ1v) is 12.4. The van der Waals surface area contributed by atoms with Crippen molar-refractivity contribution in [2.24, 2.45) is 0 Å². The molecule has 0 saturated heterocycles. The lowest BCUT2D eigenvalue weighted by molar-refractivity contribution is 0.964. The summed E-state index contributed by atoms with van der Waals surface area (Å²) in [6.45, 7) is 2.34. The van der Waals surface area contributed by atoms with Gasteiger partial charge in [0.15, 0.2) is 0 Å². The Kier molecular flexibility index (Phi) is 3.85. The van der Waals surface area contributed by atoms with Crippen LogP contribution in [0.1, 0.15) is 27.8 Å². The van der Waals surface area contributed by atoms with Crippen LogP contribution in [-0.4, -0.2) is 0 Å². The summed E-state index contributed by atoms with van der Waals surface area (Å²) in [5, 5.41) is 5.44. The minimum Gasteiger partial charge on any atom is -0.0885 e. The first kappa shape index (κ1) is 17.9. The third-order valence-corrected chi connectivity index (χ3v) is 9.62. The van der Waals surface area contributed by atoms with Crippen molar-refractivity contribution in [2.75, 3.05) is 0 Å². The van der Waals surface area contributed by atoms with Gasteiger partial charge in [-0.25, -0.2) is 0 Å². The van der Waals surface area contributed by atoms with E-state index in [-0.39, 0.29) is 0 Å². The summed E-state index contributed by atoms with van der Waals surface area (Å²) in [5.74, 6) is 0. The van der Waals surface area contributed by atoms with E-state index in [0.29, 0.717) is 0 Å². The van der Waals surface area contributed by atoms with E-state index in [9.17, 15) is 0 Å². The molecule has 0 bridgehead atoms. The highest BCUT2D eigenvalue weighted by molar-refractivity contribution is 8.00. The number of benzene rings is 5. The molecular weight excluding hydrogens is 412 g/mol. The van der Waals surface area contributed by atoms with E-state index >= 15 is 0 Å². The van der Waals surface area contributed by atoms with Crippen LogP contribution in [0.15, 0.2) is 98.4 Å². The highest BCUT2D eigenvalue weighted by atomic mass is 32.2. The van der Waals surface area contributed by atoms with Gasteiger partial charge in [-0.2, -0.15) is 0 Å². The van der Waals surface area contributed by atoms with Crippen LogP contribution < -0.4 is 0 Å². The molecule has 0 N–H and O–H groups in total. The van der Waals surface area contributed by atoms with Crippen molar-refractivity contribution in [3.63, 3.8) is 0 Å². The molecule has 0 aromatic heterocycles. The zero-order valence-corrected chi connectivity index (χ0v) is 18.9. The van der Waals surface area contributed by atoms with Crippen LogP contribution in [0.3, 0.4) is 0 Å². The molecule has 5 aromatic carbocycles. The topological polar surface area (TPSA) is 0 Å². The van der Waals surface area contributed by atoms with Crippen molar-refractivity contribution in [1.82, 2.24) is 0 Å².